The molecule has 1 aliphatic rings. The number of carbonyl (C=O) groups excluding carboxylic acids is 3. The van der Waals surface area contributed by atoms with Crippen LogP contribution in [0.1, 0.15) is 56.6 Å². The van der Waals surface area contributed by atoms with Gasteiger partial charge in [0.2, 0.25) is 5.78 Å². The number of ketones is 1. The summed E-state index contributed by atoms with van der Waals surface area (Å²) in [5.74, 6) is -0.846. The van der Waals surface area contributed by atoms with E-state index in [0.717, 1.165) is 16.6 Å². The Balaban J connectivity index is 1.72. The minimum Gasteiger partial charge on any atom is -0.453 e. The molecular formula is C22H28N2O5. The zero-order valence-corrected chi connectivity index (χ0v) is 17.6. The first-order chi connectivity index (χ1) is 13.6. The molecule has 0 radical (unpaired) electrons. The second-order valence-corrected chi connectivity index (χ2v) is 8.45. The lowest BCUT2D eigenvalue weighted by molar-refractivity contribution is -0.151. The third-order valence-corrected chi connectivity index (χ3v) is 4.96. The van der Waals surface area contributed by atoms with E-state index in [9.17, 15) is 14.4 Å². The maximum atomic E-state index is 13.0. The minimum atomic E-state index is -0.957. The number of aromatic amines is 1. The van der Waals surface area contributed by atoms with Gasteiger partial charge >= 0.3 is 12.1 Å². The topological polar surface area (TPSA) is 88.7 Å². The molecule has 0 aliphatic carbocycles. The number of fused-ring (bicyclic) bond motifs is 1. The first kappa shape index (κ1) is 20.9. The van der Waals surface area contributed by atoms with Crippen LogP contribution in [0.4, 0.5) is 4.79 Å². The van der Waals surface area contributed by atoms with E-state index in [0.29, 0.717) is 24.9 Å². The highest BCUT2D eigenvalue weighted by atomic mass is 16.6. The molecule has 1 amide bonds. The van der Waals surface area contributed by atoms with Crippen LogP contribution in [0.25, 0.3) is 10.9 Å². The molecule has 0 saturated carbocycles. The molecule has 1 N–H and O–H groups in total. The summed E-state index contributed by atoms with van der Waals surface area (Å²) >= 11 is 0. The van der Waals surface area contributed by atoms with Crippen LogP contribution in [-0.4, -0.2) is 52.0 Å². The van der Waals surface area contributed by atoms with E-state index < -0.39 is 29.8 Å². The zero-order chi connectivity index (χ0) is 21.3. The SMILES string of the molecule is Cc1[nH]c2ccccc2c1C(=O)[C@@H](C)OC(=O)[C@@H]1CCCN1C(=O)OC(C)(C)C. The number of aryl methyl sites for hydroxylation is 1. The molecular weight excluding hydrogens is 372 g/mol. The van der Waals surface area contributed by atoms with Crippen LogP contribution in [0.3, 0.4) is 0 Å². The second-order valence-electron chi connectivity index (χ2n) is 8.45. The summed E-state index contributed by atoms with van der Waals surface area (Å²) in [5.41, 5.74) is 1.47. The van der Waals surface area contributed by atoms with Crippen molar-refractivity contribution in [1.29, 1.82) is 0 Å². The molecule has 7 heteroatoms. The van der Waals surface area contributed by atoms with Crippen molar-refractivity contribution < 1.29 is 23.9 Å². The lowest BCUT2D eigenvalue weighted by Gasteiger charge is -2.28. The number of esters is 1. The lowest BCUT2D eigenvalue weighted by atomic mass is 10.0. The average Bonchev–Trinajstić information content (AvgIpc) is 3.23. The molecule has 2 aromatic rings. The smallest absolute Gasteiger partial charge is 0.411 e. The summed E-state index contributed by atoms with van der Waals surface area (Å²) in [5, 5.41) is 0.800. The molecule has 29 heavy (non-hydrogen) atoms. The maximum absolute atomic E-state index is 13.0. The Labute approximate surface area is 170 Å². The Hall–Kier alpha value is -2.83. The predicted octanol–water partition coefficient (Wildman–Crippen LogP) is 3.99. The van der Waals surface area contributed by atoms with E-state index in [-0.39, 0.29) is 5.78 Å². The van der Waals surface area contributed by atoms with Crippen LogP contribution in [-0.2, 0) is 14.3 Å². The van der Waals surface area contributed by atoms with Gasteiger partial charge in [0.25, 0.3) is 0 Å². The Morgan fingerprint density at radius 3 is 2.59 bits per heavy atom. The third kappa shape index (κ3) is 4.44. The summed E-state index contributed by atoms with van der Waals surface area (Å²) in [6, 6.07) is 6.78. The Bertz CT molecular complexity index is 940. The van der Waals surface area contributed by atoms with Gasteiger partial charge in [0.05, 0.1) is 0 Å². The number of hydrogen-bond donors (Lipinski definition) is 1. The van der Waals surface area contributed by atoms with E-state index in [1.54, 1.807) is 27.7 Å². The molecule has 1 aliphatic heterocycles. The van der Waals surface area contributed by atoms with E-state index in [4.69, 9.17) is 9.47 Å². The standard InChI is InChI=1S/C22H28N2O5/c1-13-18(15-9-6-7-10-16(15)23-13)19(25)14(2)28-20(26)17-11-8-12-24(17)21(27)29-22(3,4)5/h6-7,9-10,14,17,23H,8,11-12H2,1-5H3/t14-,17+/m1/s1. The lowest BCUT2D eigenvalue weighted by Crippen LogP contribution is -2.45. The Morgan fingerprint density at radius 2 is 1.90 bits per heavy atom. The highest BCUT2D eigenvalue weighted by Gasteiger charge is 2.39. The van der Waals surface area contributed by atoms with E-state index in [2.05, 4.69) is 4.98 Å². The molecule has 3 rings (SSSR count). The zero-order valence-electron chi connectivity index (χ0n) is 17.6. The van der Waals surface area contributed by atoms with Crippen LogP contribution in [0.15, 0.2) is 24.3 Å². The Kier molecular flexibility index (Phi) is 5.68. The number of likely N-dealkylation sites (tertiary alicyclic amines) is 1. The largest absolute Gasteiger partial charge is 0.453 e. The van der Waals surface area contributed by atoms with Gasteiger partial charge in [-0.2, -0.15) is 0 Å². The molecule has 1 saturated heterocycles. The maximum Gasteiger partial charge on any atom is 0.411 e. The highest BCUT2D eigenvalue weighted by molar-refractivity contribution is 6.11. The first-order valence-corrected chi connectivity index (χ1v) is 9.90. The van der Waals surface area contributed by atoms with Crippen molar-refractivity contribution in [2.75, 3.05) is 6.54 Å². The number of Topliss-reactive ketones (excluding diaryl/α,β-unsaturated/α-hetero) is 1. The predicted molar refractivity (Wildman–Crippen MR) is 109 cm³/mol. The van der Waals surface area contributed by atoms with Gasteiger partial charge in [0.15, 0.2) is 6.10 Å². The van der Waals surface area contributed by atoms with Crippen molar-refractivity contribution in [2.45, 2.75) is 65.2 Å². The summed E-state index contributed by atoms with van der Waals surface area (Å²) in [4.78, 5) is 42.7. The summed E-state index contributed by atoms with van der Waals surface area (Å²) < 4.78 is 10.9. The van der Waals surface area contributed by atoms with Gasteiger partial charge in [-0.05, 0) is 53.5 Å². The van der Waals surface area contributed by atoms with Gasteiger partial charge in [-0.3, -0.25) is 9.69 Å². The molecule has 0 bridgehead atoms. The number of aromatic nitrogens is 1. The summed E-state index contributed by atoms with van der Waals surface area (Å²) in [6.07, 6.45) is -0.321. The Morgan fingerprint density at radius 1 is 1.21 bits per heavy atom. The highest BCUT2D eigenvalue weighted by Crippen LogP contribution is 2.25. The van der Waals surface area contributed by atoms with Crippen molar-refractivity contribution in [3.63, 3.8) is 0 Å². The fourth-order valence-electron chi connectivity index (χ4n) is 3.65. The van der Waals surface area contributed by atoms with Crippen molar-refractivity contribution in [3.05, 3.63) is 35.5 Å². The van der Waals surface area contributed by atoms with Crippen LogP contribution in [0, 0.1) is 6.92 Å². The number of para-hydroxylation sites is 1. The van der Waals surface area contributed by atoms with Crippen LogP contribution in [0.5, 0.6) is 0 Å². The molecule has 1 aromatic carbocycles. The average molecular weight is 400 g/mol. The van der Waals surface area contributed by atoms with Crippen molar-refractivity contribution >= 4 is 28.7 Å². The minimum absolute atomic E-state index is 0.268. The number of benzene rings is 1. The first-order valence-electron chi connectivity index (χ1n) is 9.90. The fourth-order valence-corrected chi connectivity index (χ4v) is 3.65. The van der Waals surface area contributed by atoms with Crippen LogP contribution < -0.4 is 0 Å². The van der Waals surface area contributed by atoms with Gasteiger partial charge in [-0.1, -0.05) is 18.2 Å². The van der Waals surface area contributed by atoms with E-state index in [1.165, 1.54) is 4.90 Å². The number of H-pyrrole nitrogens is 1. The van der Waals surface area contributed by atoms with Gasteiger partial charge < -0.3 is 14.5 Å². The molecule has 1 aromatic heterocycles. The number of ether oxygens (including phenoxy) is 2. The molecule has 156 valence electrons. The fraction of sp³-hybridized carbons (Fsp3) is 0.500. The van der Waals surface area contributed by atoms with Gasteiger partial charge in [0, 0.05) is 28.7 Å². The summed E-state index contributed by atoms with van der Waals surface area (Å²) in [7, 11) is 0. The summed E-state index contributed by atoms with van der Waals surface area (Å²) in [6.45, 7) is 9.14. The number of nitrogens with zero attached hydrogens (tertiary/aromatic N) is 1. The van der Waals surface area contributed by atoms with E-state index >= 15 is 0 Å². The molecule has 0 spiro atoms. The van der Waals surface area contributed by atoms with Crippen molar-refractivity contribution in [2.24, 2.45) is 0 Å². The number of carbonyl (C=O) groups is 3. The van der Waals surface area contributed by atoms with Crippen LogP contribution in [0.2, 0.25) is 0 Å². The monoisotopic (exact) mass is 400 g/mol. The number of hydrogen-bond acceptors (Lipinski definition) is 5. The normalized spacial score (nSPS) is 18.0. The van der Waals surface area contributed by atoms with Crippen LogP contribution >= 0.6 is 0 Å². The number of nitrogens with one attached hydrogen (secondary N) is 1. The molecule has 0 unspecified atom stereocenters. The third-order valence-electron chi connectivity index (χ3n) is 4.96. The molecule has 2 atom stereocenters. The second kappa shape index (κ2) is 7.89. The van der Waals surface area contributed by atoms with Gasteiger partial charge in [0.1, 0.15) is 11.6 Å². The number of rotatable bonds is 4. The van der Waals surface area contributed by atoms with Gasteiger partial charge in [-0.25, -0.2) is 9.59 Å². The number of amides is 1. The molecule has 7 nitrogen and oxygen atoms in total. The van der Waals surface area contributed by atoms with Crippen molar-refractivity contribution in [3.8, 4) is 0 Å². The quantitative estimate of drug-likeness (QED) is 0.619. The molecule has 2 heterocycles. The van der Waals surface area contributed by atoms with Crippen molar-refractivity contribution in [1.82, 2.24) is 9.88 Å². The molecule has 1 fully saturated rings. The van der Waals surface area contributed by atoms with Gasteiger partial charge in [-0.15, -0.1) is 0 Å². The van der Waals surface area contributed by atoms with E-state index in [1.807, 2.05) is 31.2 Å².